The lowest BCUT2D eigenvalue weighted by atomic mass is 10.1. The van der Waals surface area contributed by atoms with E-state index in [2.05, 4.69) is 30.7 Å². The molecule has 0 radical (unpaired) electrons. The largest absolute Gasteiger partial charge is 0.381 e. The molecule has 100 valence electrons. The lowest BCUT2D eigenvalue weighted by molar-refractivity contribution is -0.121. The molecule has 1 rings (SSSR count). The van der Waals surface area contributed by atoms with Gasteiger partial charge in [-0.1, -0.05) is 0 Å². The van der Waals surface area contributed by atoms with Gasteiger partial charge in [0.1, 0.15) is 0 Å². The second-order valence-corrected chi connectivity index (χ2v) is 6.53. The monoisotopic (exact) mass is 260 g/mol. The predicted octanol–water partition coefficient (Wildman–Crippen LogP) is 1.01. The van der Waals surface area contributed by atoms with Gasteiger partial charge in [0.2, 0.25) is 5.91 Å². The highest BCUT2D eigenvalue weighted by Crippen LogP contribution is 2.19. The lowest BCUT2D eigenvalue weighted by Crippen LogP contribution is -2.44. The topological polar surface area (TPSA) is 50.4 Å². The number of rotatable bonds is 6. The molecule has 1 aliphatic rings. The van der Waals surface area contributed by atoms with Crippen LogP contribution < -0.4 is 10.6 Å². The lowest BCUT2D eigenvalue weighted by Gasteiger charge is -2.24. The number of carbonyl (C=O) groups is 1. The molecule has 4 nitrogen and oxygen atoms in total. The zero-order valence-corrected chi connectivity index (χ0v) is 11.9. The Bertz CT molecular complexity index is 241. The van der Waals surface area contributed by atoms with E-state index in [1.807, 2.05) is 0 Å². The summed E-state index contributed by atoms with van der Waals surface area (Å²) < 4.78 is 5.43. The summed E-state index contributed by atoms with van der Waals surface area (Å²) in [5.74, 6) is 0.0915. The number of carbonyl (C=O) groups excluding carboxylic acids is 1. The van der Waals surface area contributed by atoms with E-state index >= 15 is 0 Å². The first-order valence-electron chi connectivity index (χ1n) is 6.16. The molecule has 1 saturated heterocycles. The summed E-state index contributed by atoms with van der Waals surface area (Å²) in [6.07, 6.45) is 3.95. The van der Waals surface area contributed by atoms with E-state index in [4.69, 9.17) is 4.74 Å². The molecule has 5 heteroatoms. The van der Waals surface area contributed by atoms with Gasteiger partial charge >= 0.3 is 0 Å². The van der Waals surface area contributed by atoms with E-state index in [1.165, 1.54) is 0 Å². The van der Waals surface area contributed by atoms with Crippen molar-refractivity contribution in [3.63, 3.8) is 0 Å². The summed E-state index contributed by atoms with van der Waals surface area (Å²) >= 11 is 1.80. The predicted molar refractivity (Wildman–Crippen MR) is 72.4 cm³/mol. The smallest absolute Gasteiger partial charge is 0.234 e. The second kappa shape index (κ2) is 7.24. The van der Waals surface area contributed by atoms with Crippen molar-refractivity contribution in [3.8, 4) is 0 Å². The van der Waals surface area contributed by atoms with E-state index in [1.54, 1.807) is 11.8 Å². The minimum Gasteiger partial charge on any atom is -0.381 e. The fourth-order valence-corrected chi connectivity index (χ4v) is 1.92. The Kier molecular flexibility index (Phi) is 6.30. The molecule has 0 aromatic rings. The van der Waals surface area contributed by atoms with Crippen LogP contribution in [0, 0.1) is 0 Å². The van der Waals surface area contributed by atoms with E-state index in [9.17, 15) is 4.79 Å². The van der Waals surface area contributed by atoms with Gasteiger partial charge in [-0.3, -0.25) is 4.79 Å². The molecule has 0 atom stereocenters. The third kappa shape index (κ3) is 6.29. The van der Waals surface area contributed by atoms with Gasteiger partial charge in [0.25, 0.3) is 0 Å². The molecule has 1 aliphatic heterocycles. The molecule has 0 aromatic carbocycles. The van der Waals surface area contributed by atoms with Crippen LogP contribution in [0.15, 0.2) is 0 Å². The average molecular weight is 260 g/mol. The Morgan fingerprint density at radius 1 is 1.41 bits per heavy atom. The number of ether oxygens (including phenoxy) is 1. The minimum atomic E-state index is 0.0915. The highest BCUT2D eigenvalue weighted by molar-refractivity contribution is 7.99. The van der Waals surface area contributed by atoms with Gasteiger partial charge in [-0.05, 0) is 32.9 Å². The molecule has 17 heavy (non-hydrogen) atoms. The average Bonchev–Trinajstić information content (AvgIpc) is 2.30. The molecule has 0 aliphatic carbocycles. The minimum absolute atomic E-state index is 0.0915. The molecule has 0 bridgehead atoms. The van der Waals surface area contributed by atoms with Gasteiger partial charge in [-0.25, -0.2) is 0 Å². The number of hydrogen-bond acceptors (Lipinski definition) is 4. The van der Waals surface area contributed by atoms with Crippen LogP contribution in [0.5, 0.6) is 0 Å². The third-order valence-electron chi connectivity index (χ3n) is 2.98. The maximum Gasteiger partial charge on any atom is 0.234 e. The molecule has 1 heterocycles. The van der Waals surface area contributed by atoms with E-state index in [-0.39, 0.29) is 10.7 Å². The van der Waals surface area contributed by atoms with Gasteiger partial charge in [0, 0.05) is 30.5 Å². The SMILES string of the molecule is CSC(C)(C)CNCC(=O)NC1CCOCC1. The zero-order chi connectivity index (χ0) is 12.7. The van der Waals surface area contributed by atoms with Crippen molar-refractivity contribution in [1.29, 1.82) is 0 Å². The van der Waals surface area contributed by atoms with Crippen LogP contribution >= 0.6 is 11.8 Å². The number of amides is 1. The standard InChI is InChI=1S/C12H24N2O2S/c1-12(2,17-3)9-13-8-11(15)14-10-4-6-16-7-5-10/h10,13H,4-9H2,1-3H3,(H,14,15). The highest BCUT2D eigenvalue weighted by atomic mass is 32.2. The Balaban J connectivity index is 2.12. The van der Waals surface area contributed by atoms with Crippen LogP contribution in [0.4, 0.5) is 0 Å². The van der Waals surface area contributed by atoms with Gasteiger partial charge in [0.15, 0.2) is 0 Å². The normalized spacial score (nSPS) is 18.1. The van der Waals surface area contributed by atoms with Crippen molar-refractivity contribution in [2.24, 2.45) is 0 Å². The summed E-state index contributed by atoms with van der Waals surface area (Å²) in [5.41, 5.74) is 0. The highest BCUT2D eigenvalue weighted by Gasteiger charge is 2.18. The summed E-state index contributed by atoms with van der Waals surface area (Å²) in [6, 6.07) is 0.298. The van der Waals surface area contributed by atoms with E-state index in [0.717, 1.165) is 32.6 Å². The fraction of sp³-hybridized carbons (Fsp3) is 0.917. The van der Waals surface area contributed by atoms with Crippen molar-refractivity contribution in [2.75, 3.05) is 32.6 Å². The van der Waals surface area contributed by atoms with Crippen molar-refractivity contribution in [1.82, 2.24) is 10.6 Å². The van der Waals surface area contributed by atoms with Crippen LogP contribution in [-0.2, 0) is 9.53 Å². The van der Waals surface area contributed by atoms with Crippen LogP contribution in [-0.4, -0.2) is 49.3 Å². The van der Waals surface area contributed by atoms with Crippen LogP contribution in [0.2, 0.25) is 0 Å². The van der Waals surface area contributed by atoms with Crippen LogP contribution in [0.1, 0.15) is 26.7 Å². The molecule has 0 unspecified atom stereocenters. The second-order valence-electron chi connectivity index (χ2n) is 5.02. The maximum atomic E-state index is 11.7. The quantitative estimate of drug-likeness (QED) is 0.748. The maximum absolute atomic E-state index is 11.7. The zero-order valence-electron chi connectivity index (χ0n) is 11.0. The van der Waals surface area contributed by atoms with E-state index < -0.39 is 0 Å². The third-order valence-corrected chi connectivity index (χ3v) is 4.22. The van der Waals surface area contributed by atoms with Crippen LogP contribution in [0.25, 0.3) is 0 Å². The van der Waals surface area contributed by atoms with Crippen molar-refractivity contribution in [2.45, 2.75) is 37.5 Å². The van der Waals surface area contributed by atoms with Crippen LogP contribution in [0.3, 0.4) is 0 Å². The van der Waals surface area contributed by atoms with Crippen molar-refractivity contribution >= 4 is 17.7 Å². The first-order chi connectivity index (χ1) is 8.03. The molecule has 0 saturated carbocycles. The van der Waals surface area contributed by atoms with Crippen molar-refractivity contribution < 1.29 is 9.53 Å². The summed E-state index contributed by atoms with van der Waals surface area (Å²) in [7, 11) is 0. The molecule has 2 N–H and O–H groups in total. The number of hydrogen-bond donors (Lipinski definition) is 2. The molecule has 0 spiro atoms. The Morgan fingerprint density at radius 3 is 2.65 bits per heavy atom. The molecular formula is C12H24N2O2S. The molecule has 1 amide bonds. The molecule has 1 fully saturated rings. The Morgan fingerprint density at radius 2 is 2.06 bits per heavy atom. The van der Waals surface area contributed by atoms with Gasteiger partial charge in [-0.2, -0.15) is 11.8 Å². The summed E-state index contributed by atoms with van der Waals surface area (Å²) in [5, 5.41) is 6.24. The Hall–Kier alpha value is -0.260. The van der Waals surface area contributed by atoms with E-state index in [0.29, 0.717) is 12.6 Å². The molecule has 0 aromatic heterocycles. The van der Waals surface area contributed by atoms with Gasteiger partial charge in [0.05, 0.1) is 6.54 Å². The van der Waals surface area contributed by atoms with Gasteiger partial charge < -0.3 is 15.4 Å². The number of nitrogens with one attached hydrogen (secondary N) is 2. The molecular weight excluding hydrogens is 236 g/mol. The fourth-order valence-electron chi connectivity index (χ4n) is 1.67. The van der Waals surface area contributed by atoms with Gasteiger partial charge in [-0.15, -0.1) is 0 Å². The summed E-state index contributed by atoms with van der Waals surface area (Å²) in [4.78, 5) is 11.7. The number of thioether (sulfide) groups is 1. The van der Waals surface area contributed by atoms with Crippen molar-refractivity contribution in [3.05, 3.63) is 0 Å². The first-order valence-corrected chi connectivity index (χ1v) is 7.39. The Labute approximate surface area is 108 Å². The first kappa shape index (κ1) is 14.8. The summed E-state index contributed by atoms with van der Waals surface area (Å²) in [6.45, 7) is 7.11.